The summed E-state index contributed by atoms with van der Waals surface area (Å²) in [6, 6.07) is 3.70. The van der Waals surface area contributed by atoms with Crippen LogP contribution in [0.5, 0.6) is 5.75 Å². The summed E-state index contributed by atoms with van der Waals surface area (Å²) in [6.45, 7) is 5.13. The lowest BCUT2D eigenvalue weighted by atomic mass is 10.1. The van der Waals surface area contributed by atoms with Crippen molar-refractivity contribution in [2.24, 2.45) is 0 Å². The highest BCUT2D eigenvalue weighted by Gasteiger charge is 2.23. The van der Waals surface area contributed by atoms with Crippen LogP contribution in [0.2, 0.25) is 0 Å². The molecular weight excluding hydrogens is 244 g/mol. The molecule has 2 heterocycles. The lowest BCUT2D eigenvalue weighted by Gasteiger charge is -2.04. The monoisotopic (exact) mass is 260 g/mol. The fraction of sp³-hybridized carbons (Fsp3) is 0.429. The molecule has 0 amide bonds. The van der Waals surface area contributed by atoms with Crippen molar-refractivity contribution in [3.05, 3.63) is 29.1 Å². The van der Waals surface area contributed by atoms with E-state index in [4.69, 9.17) is 9.26 Å². The third-order valence-corrected chi connectivity index (χ3v) is 3.47. The van der Waals surface area contributed by atoms with Crippen LogP contribution in [0.4, 0.5) is 0 Å². The van der Waals surface area contributed by atoms with Crippen LogP contribution < -0.4 is 0 Å². The van der Waals surface area contributed by atoms with Crippen LogP contribution in [-0.2, 0) is 4.74 Å². The molecule has 0 saturated carbocycles. The van der Waals surface area contributed by atoms with Gasteiger partial charge in [-0.05, 0) is 43.5 Å². The summed E-state index contributed by atoms with van der Waals surface area (Å²) in [6.07, 6.45) is 0.937. The number of aromatic nitrogens is 2. The average molecular weight is 260 g/mol. The molecule has 0 aliphatic carbocycles. The Balaban J connectivity index is 1.94. The molecule has 1 fully saturated rings. The van der Waals surface area contributed by atoms with Gasteiger partial charge in [0.15, 0.2) is 5.82 Å². The summed E-state index contributed by atoms with van der Waals surface area (Å²) >= 11 is 0. The Bertz CT molecular complexity index is 577. The van der Waals surface area contributed by atoms with E-state index in [1.54, 1.807) is 0 Å². The van der Waals surface area contributed by atoms with Gasteiger partial charge in [0.2, 0.25) is 0 Å². The van der Waals surface area contributed by atoms with Gasteiger partial charge in [0, 0.05) is 18.1 Å². The molecule has 1 saturated heterocycles. The van der Waals surface area contributed by atoms with Gasteiger partial charge >= 0.3 is 0 Å². The molecule has 1 aromatic carbocycles. The van der Waals surface area contributed by atoms with Gasteiger partial charge in [0.1, 0.15) is 5.75 Å². The van der Waals surface area contributed by atoms with Gasteiger partial charge in [-0.25, -0.2) is 0 Å². The Morgan fingerprint density at radius 1 is 1.26 bits per heavy atom. The number of phenols is 1. The molecule has 19 heavy (non-hydrogen) atoms. The summed E-state index contributed by atoms with van der Waals surface area (Å²) in [5, 5.41) is 13.8. The van der Waals surface area contributed by atoms with Crippen molar-refractivity contribution in [1.29, 1.82) is 0 Å². The predicted molar refractivity (Wildman–Crippen MR) is 69.0 cm³/mol. The lowest BCUT2D eigenvalue weighted by molar-refractivity contribution is 0.192. The molecule has 1 aromatic heterocycles. The fourth-order valence-corrected chi connectivity index (χ4v) is 2.34. The van der Waals surface area contributed by atoms with E-state index in [0.29, 0.717) is 24.1 Å². The zero-order valence-electron chi connectivity index (χ0n) is 11.0. The Labute approximate surface area is 111 Å². The standard InChI is InChI=1S/C14H16N2O3/c1-8-5-11(6-9(2)12(8)17)14-15-13(16-19-14)10-3-4-18-7-10/h5-6,10,17H,3-4,7H2,1-2H3/t10-/m0/s1. The van der Waals surface area contributed by atoms with Gasteiger partial charge in [-0.1, -0.05) is 5.16 Å². The number of ether oxygens (including phenoxy) is 1. The first-order chi connectivity index (χ1) is 9.15. The third kappa shape index (κ3) is 2.21. The normalized spacial score (nSPS) is 18.9. The number of rotatable bonds is 2. The van der Waals surface area contributed by atoms with Gasteiger partial charge in [-0.3, -0.25) is 0 Å². The topological polar surface area (TPSA) is 68.4 Å². The molecular formula is C14H16N2O3. The summed E-state index contributed by atoms with van der Waals surface area (Å²) in [5.74, 6) is 1.74. The molecule has 100 valence electrons. The van der Waals surface area contributed by atoms with E-state index in [0.717, 1.165) is 29.7 Å². The Kier molecular flexibility index (Phi) is 2.98. The molecule has 1 aliphatic rings. The fourth-order valence-electron chi connectivity index (χ4n) is 2.34. The molecule has 1 N–H and O–H groups in total. The maximum atomic E-state index is 9.77. The number of aromatic hydroxyl groups is 1. The lowest BCUT2D eigenvalue weighted by Crippen LogP contribution is -1.99. The second-order valence-corrected chi connectivity index (χ2v) is 4.98. The van der Waals surface area contributed by atoms with Crippen LogP contribution in [0.1, 0.15) is 29.3 Å². The number of nitrogens with zero attached hydrogens (tertiary/aromatic N) is 2. The Morgan fingerprint density at radius 3 is 2.63 bits per heavy atom. The largest absolute Gasteiger partial charge is 0.507 e. The summed E-state index contributed by atoms with van der Waals surface area (Å²) in [5.41, 5.74) is 2.45. The first-order valence-electron chi connectivity index (χ1n) is 6.37. The second kappa shape index (κ2) is 4.66. The van der Waals surface area contributed by atoms with Gasteiger partial charge < -0.3 is 14.4 Å². The third-order valence-electron chi connectivity index (χ3n) is 3.47. The van der Waals surface area contributed by atoms with Crippen LogP contribution in [-0.4, -0.2) is 28.5 Å². The van der Waals surface area contributed by atoms with E-state index >= 15 is 0 Å². The minimum Gasteiger partial charge on any atom is -0.507 e. The van der Waals surface area contributed by atoms with E-state index in [2.05, 4.69) is 10.1 Å². The first kappa shape index (κ1) is 12.2. The highest BCUT2D eigenvalue weighted by molar-refractivity contribution is 5.59. The van der Waals surface area contributed by atoms with E-state index in [1.165, 1.54) is 0 Å². The van der Waals surface area contributed by atoms with Crippen LogP contribution in [0.15, 0.2) is 16.7 Å². The predicted octanol–water partition coefficient (Wildman–Crippen LogP) is 2.56. The van der Waals surface area contributed by atoms with Crippen LogP contribution in [0.25, 0.3) is 11.5 Å². The maximum Gasteiger partial charge on any atom is 0.257 e. The first-order valence-corrected chi connectivity index (χ1v) is 6.37. The van der Waals surface area contributed by atoms with E-state index in [9.17, 15) is 5.11 Å². The Hall–Kier alpha value is -1.88. The number of benzene rings is 1. The number of phenolic OH excluding ortho intramolecular Hbond substituents is 1. The van der Waals surface area contributed by atoms with Crippen LogP contribution in [0, 0.1) is 13.8 Å². The summed E-state index contributed by atoms with van der Waals surface area (Å²) in [4.78, 5) is 4.43. The van der Waals surface area contributed by atoms with E-state index < -0.39 is 0 Å². The molecule has 0 bridgehead atoms. The minimum absolute atomic E-state index is 0.233. The van der Waals surface area contributed by atoms with Crippen molar-refractivity contribution in [1.82, 2.24) is 10.1 Å². The SMILES string of the molecule is Cc1cc(-c2nc([C@H]3CCOC3)no2)cc(C)c1O. The number of hydrogen-bond donors (Lipinski definition) is 1. The maximum absolute atomic E-state index is 9.77. The van der Waals surface area contributed by atoms with Crippen LogP contribution in [0.3, 0.4) is 0 Å². The van der Waals surface area contributed by atoms with Crippen molar-refractivity contribution in [2.45, 2.75) is 26.2 Å². The summed E-state index contributed by atoms with van der Waals surface area (Å²) < 4.78 is 10.6. The molecule has 0 radical (unpaired) electrons. The van der Waals surface area contributed by atoms with Crippen molar-refractivity contribution < 1.29 is 14.4 Å². The molecule has 5 nitrogen and oxygen atoms in total. The number of hydrogen-bond acceptors (Lipinski definition) is 5. The van der Waals surface area contributed by atoms with Crippen molar-refractivity contribution >= 4 is 0 Å². The van der Waals surface area contributed by atoms with E-state index in [-0.39, 0.29) is 5.92 Å². The highest BCUT2D eigenvalue weighted by Crippen LogP contribution is 2.30. The van der Waals surface area contributed by atoms with Gasteiger partial charge in [0.25, 0.3) is 5.89 Å². The Morgan fingerprint density at radius 2 is 2.00 bits per heavy atom. The van der Waals surface area contributed by atoms with E-state index in [1.807, 2.05) is 26.0 Å². The average Bonchev–Trinajstić information content (AvgIpc) is 3.05. The summed E-state index contributed by atoms with van der Waals surface area (Å²) in [7, 11) is 0. The molecule has 1 atom stereocenters. The molecule has 1 aliphatic heterocycles. The minimum atomic E-state index is 0.233. The quantitative estimate of drug-likeness (QED) is 0.898. The molecule has 3 rings (SSSR count). The molecule has 2 aromatic rings. The highest BCUT2D eigenvalue weighted by atomic mass is 16.5. The second-order valence-electron chi connectivity index (χ2n) is 4.98. The molecule has 0 unspecified atom stereocenters. The molecule has 0 spiro atoms. The van der Waals surface area contributed by atoms with Gasteiger partial charge in [-0.15, -0.1) is 0 Å². The van der Waals surface area contributed by atoms with Crippen molar-refractivity contribution in [2.75, 3.05) is 13.2 Å². The smallest absolute Gasteiger partial charge is 0.257 e. The van der Waals surface area contributed by atoms with Gasteiger partial charge in [-0.2, -0.15) is 4.98 Å². The molecule has 5 heteroatoms. The zero-order valence-corrected chi connectivity index (χ0v) is 11.0. The van der Waals surface area contributed by atoms with Crippen molar-refractivity contribution in [3.63, 3.8) is 0 Å². The number of aryl methyl sites for hydroxylation is 2. The van der Waals surface area contributed by atoms with Gasteiger partial charge in [0.05, 0.1) is 6.61 Å². The van der Waals surface area contributed by atoms with Crippen molar-refractivity contribution in [3.8, 4) is 17.2 Å². The van der Waals surface area contributed by atoms with Crippen LogP contribution >= 0.6 is 0 Å². The zero-order chi connectivity index (χ0) is 13.4.